The molecule has 3 heteroatoms. The molecule has 22 heavy (non-hydrogen) atoms. The van der Waals surface area contributed by atoms with Gasteiger partial charge in [0.05, 0.1) is 5.69 Å². The van der Waals surface area contributed by atoms with Crippen molar-refractivity contribution in [2.75, 3.05) is 11.5 Å². The zero-order valence-corrected chi connectivity index (χ0v) is 11.9. The minimum Gasteiger partial charge on any atom is -0.454 e. The lowest BCUT2D eigenvalue weighted by Gasteiger charge is -2.05. The van der Waals surface area contributed by atoms with E-state index in [0.717, 1.165) is 34.0 Å². The van der Waals surface area contributed by atoms with Gasteiger partial charge >= 0.3 is 0 Å². The Morgan fingerprint density at radius 3 is 2.68 bits per heavy atom. The fourth-order valence-corrected chi connectivity index (χ4v) is 3.64. The van der Waals surface area contributed by atoms with Crippen molar-refractivity contribution in [2.45, 2.75) is 6.42 Å². The van der Waals surface area contributed by atoms with Gasteiger partial charge in [-0.3, -0.25) is 0 Å². The minimum atomic E-state index is 0.700. The van der Waals surface area contributed by atoms with Crippen molar-refractivity contribution in [1.29, 1.82) is 0 Å². The number of hydrogen-bond donors (Lipinski definition) is 2. The molecule has 0 unspecified atom stereocenters. The number of hydrogen-bond acceptors (Lipinski definition) is 3. The van der Waals surface area contributed by atoms with Gasteiger partial charge < -0.3 is 15.9 Å². The molecule has 0 saturated carbocycles. The Hall–Kier alpha value is -2.94. The molecule has 0 bridgehead atoms. The first kappa shape index (κ1) is 11.7. The molecule has 5 rings (SSSR count). The molecule has 4 N–H and O–H groups in total. The molecule has 0 radical (unpaired) electrons. The highest BCUT2D eigenvalue weighted by atomic mass is 16.3. The Balaban J connectivity index is 2.01. The smallest absolute Gasteiger partial charge is 0.158 e. The van der Waals surface area contributed by atoms with Gasteiger partial charge in [0.2, 0.25) is 0 Å². The fraction of sp³-hybridized carbons (Fsp3) is 0.0526. The lowest BCUT2D eigenvalue weighted by atomic mass is 9.98. The van der Waals surface area contributed by atoms with Gasteiger partial charge in [0.1, 0.15) is 5.58 Å². The third kappa shape index (κ3) is 1.35. The highest BCUT2D eigenvalue weighted by molar-refractivity contribution is 6.17. The monoisotopic (exact) mass is 286 g/mol. The van der Waals surface area contributed by atoms with Gasteiger partial charge in [-0.25, -0.2) is 0 Å². The van der Waals surface area contributed by atoms with Crippen LogP contribution in [0.1, 0.15) is 11.1 Å². The van der Waals surface area contributed by atoms with Crippen molar-refractivity contribution < 1.29 is 4.42 Å². The molecular formula is C19H14N2O. The molecule has 0 fully saturated rings. The van der Waals surface area contributed by atoms with Crippen LogP contribution in [0.5, 0.6) is 0 Å². The van der Waals surface area contributed by atoms with Crippen LogP contribution in [0.25, 0.3) is 33.1 Å². The van der Waals surface area contributed by atoms with Crippen LogP contribution in [0.4, 0.5) is 11.4 Å². The van der Waals surface area contributed by atoms with Gasteiger partial charge in [-0.05, 0) is 52.9 Å². The molecule has 0 amide bonds. The molecular weight excluding hydrogens is 272 g/mol. The van der Waals surface area contributed by atoms with Crippen molar-refractivity contribution >= 4 is 33.3 Å². The predicted molar refractivity (Wildman–Crippen MR) is 90.8 cm³/mol. The zero-order chi connectivity index (χ0) is 14.8. The summed E-state index contributed by atoms with van der Waals surface area (Å²) in [6.07, 6.45) is 0.870. The van der Waals surface area contributed by atoms with E-state index in [2.05, 4.69) is 18.2 Å². The van der Waals surface area contributed by atoms with Crippen LogP contribution in [0.2, 0.25) is 0 Å². The molecule has 4 aromatic rings. The summed E-state index contributed by atoms with van der Waals surface area (Å²) in [7, 11) is 0. The van der Waals surface area contributed by atoms with Crippen LogP contribution in [0.3, 0.4) is 0 Å². The molecule has 0 aliphatic heterocycles. The summed E-state index contributed by atoms with van der Waals surface area (Å²) in [5.41, 5.74) is 20.3. The van der Waals surface area contributed by atoms with Crippen molar-refractivity contribution in [3.8, 4) is 11.1 Å². The van der Waals surface area contributed by atoms with E-state index >= 15 is 0 Å². The van der Waals surface area contributed by atoms with E-state index in [9.17, 15) is 0 Å². The average Bonchev–Trinajstić information content (AvgIpc) is 3.04. The summed E-state index contributed by atoms with van der Waals surface area (Å²) < 4.78 is 6.00. The summed E-state index contributed by atoms with van der Waals surface area (Å²) in [6, 6.07) is 16.2. The number of nitrogens with two attached hydrogens (primary N) is 2. The lowest BCUT2D eigenvalue weighted by Crippen LogP contribution is -1.89. The Morgan fingerprint density at radius 1 is 0.909 bits per heavy atom. The van der Waals surface area contributed by atoms with Crippen LogP contribution in [-0.2, 0) is 6.42 Å². The first-order valence-corrected chi connectivity index (χ1v) is 7.34. The van der Waals surface area contributed by atoms with E-state index in [1.54, 1.807) is 0 Å². The summed E-state index contributed by atoms with van der Waals surface area (Å²) in [5.74, 6) is 0. The van der Waals surface area contributed by atoms with Crippen molar-refractivity contribution in [1.82, 2.24) is 0 Å². The highest BCUT2D eigenvalue weighted by Gasteiger charge is 2.25. The maximum Gasteiger partial charge on any atom is 0.158 e. The van der Waals surface area contributed by atoms with Crippen LogP contribution in [0.15, 0.2) is 52.9 Å². The largest absolute Gasteiger partial charge is 0.454 e. The molecule has 1 aliphatic rings. The second-order valence-corrected chi connectivity index (χ2v) is 5.90. The van der Waals surface area contributed by atoms with Gasteiger partial charge in [-0.2, -0.15) is 0 Å². The molecule has 1 heterocycles. The van der Waals surface area contributed by atoms with Gasteiger partial charge in [0, 0.05) is 16.5 Å². The number of furan rings is 1. The van der Waals surface area contributed by atoms with Gasteiger partial charge in [-0.15, -0.1) is 0 Å². The molecule has 0 saturated heterocycles. The molecule has 3 nitrogen and oxygen atoms in total. The quantitative estimate of drug-likeness (QED) is 0.417. The maximum atomic E-state index is 6.24. The zero-order valence-electron chi connectivity index (χ0n) is 11.9. The van der Waals surface area contributed by atoms with E-state index in [-0.39, 0.29) is 0 Å². The van der Waals surface area contributed by atoms with Crippen molar-refractivity contribution in [3.05, 3.63) is 59.7 Å². The van der Waals surface area contributed by atoms with Gasteiger partial charge in [0.15, 0.2) is 5.58 Å². The lowest BCUT2D eigenvalue weighted by molar-refractivity contribution is 0.670. The van der Waals surface area contributed by atoms with Crippen LogP contribution in [-0.4, -0.2) is 0 Å². The van der Waals surface area contributed by atoms with Gasteiger partial charge in [0.25, 0.3) is 0 Å². The molecule has 3 aromatic carbocycles. The number of para-hydroxylation sites is 1. The third-order valence-corrected chi connectivity index (χ3v) is 4.54. The summed E-state index contributed by atoms with van der Waals surface area (Å²) in [4.78, 5) is 0. The Morgan fingerprint density at radius 2 is 1.77 bits per heavy atom. The molecule has 106 valence electrons. The molecule has 1 aliphatic carbocycles. The number of anilines is 2. The number of benzene rings is 3. The fourth-order valence-electron chi connectivity index (χ4n) is 3.64. The SMILES string of the molecule is Nc1ccc2c(c1)Cc1cc(N)c3oc4ccccc4c3c1-2. The normalized spacial score (nSPS) is 12.7. The summed E-state index contributed by atoms with van der Waals surface area (Å²) in [5, 5.41) is 2.24. The van der Waals surface area contributed by atoms with Crippen molar-refractivity contribution in [3.63, 3.8) is 0 Å². The number of nitrogen functional groups attached to an aromatic ring is 2. The Kier molecular flexibility index (Phi) is 2.03. The first-order valence-electron chi connectivity index (χ1n) is 7.34. The standard InChI is InChI=1S/C19H14N2O/c20-12-5-6-13-10(8-12)7-11-9-15(21)19-18(17(11)13)14-3-1-2-4-16(14)22-19/h1-6,8-9H,7,20-21H2. The maximum absolute atomic E-state index is 6.24. The molecule has 1 aromatic heterocycles. The summed E-state index contributed by atoms with van der Waals surface area (Å²) >= 11 is 0. The molecule has 0 spiro atoms. The third-order valence-electron chi connectivity index (χ3n) is 4.54. The first-order chi connectivity index (χ1) is 10.7. The number of rotatable bonds is 0. The van der Waals surface area contributed by atoms with Crippen molar-refractivity contribution in [2.24, 2.45) is 0 Å². The summed E-state index contributed by atoms with van der Waals surface area (Å²) in [6.45, 7) is 0. The minimum absolute atomic E-state index is 0.700. The second-order valence-electron chi connectivity index (χ2n) is 5.90. The topological polar surface area (TPSA) is 65.2 Å². The van der Waals surface area contributed by atoms with Crippen LogP contribution >= 0.6 is 0 Å². The van der Waals surface area contributed by atoms with E-state index in [1.807, 2.05) is 30.3 Å². The van der Waals surface area contributed by atoms with E-state index in [4.69, 9.17) is 15.9 Å². The highest BCUT2D eigenvalue weighted by Crippen LogP contribution is 2.47. The Labute approximate surface area is 127 Å². The van der Waals surface area contributed by atoms with E-state index in [0.29, 0.717) is 5.69 Å². The average molecular weight is 286 g/mol. The van der Waals surface area contributed by atoms with Gasteiger partial charge in [-0.1, -0.05) is 24.3 Å². The van der Waals surface area contributed by atoms with Crippen LogP contribution < -0.4 is 11.5 Å². The van der Waals surface area contributed by atoms with E-state index < -0.39 is 0 Å². The Bertz CT molecular complexity index is 1080. The number of fused-ring (bicyclic) bond motifs is 7. The predicted octanol–water partition coefficient (Wildman–Crippen LogP) is 4.32. The van der Waals surface area contributed by atoms with Crippen LogP contribution in [0, 0.1) is 0 Å². The second kappa shape index (κ2) is 3.83. The van der Waals surface area contributed by atoms with E-state index in [1.165, 1.54) is 22.3 Å². The molecule has 0 atom stereocenters.